The summed E-state index contributed by atoms with van der Waals surface area (Å²) in [6, 6.07) is 15.5. The number of benzene rings is 2. The molecule has 6 heteroatoms. The largest absolute Gasteiger partial charge is 0.355 e. The quantitative estimate of drug-likeness (QED) is 0.528. The van der Waals surface area contributed by atoms with Crippen molar-refractivity contribution in [2.75, 3.05) is 12.3 Å². The number of aryl methyl sites for hydroxylation is 1. The molecule has 0 unspecified atom stereocenters. The molecule has 128 valence electrons. The van der Waals surface area contributed by atoms with Gasteiger partial charge in [0, 0.05) is 22.6 Å². The van der Waals surface area contributed by atoms with Crippen molar-refractivity contribution in [3.63, 3.8) is 0 Å². The fourth-order valence-corrected chi connectivity index (χ4v) is 3.28. The summed E-state index contributed by atoms with van der Waals surface area (Å²) in [5.74, 6) is 0.698. The highest BCUT2D eigenvalue weighted by Gasteiger charge is 2.10. The fourth-order valence-electron chi connectivity index (χ4n) is 2.51. The van der Waals surface area contributed by atoms with E-state index in [0.717, 1.165) is 11.1 Å². The molecule has 0 fully saturated rings. The van der Waals surface area contributed by atoms with Crippen LogP contribution in [-0.2, 0) is 11.2 Å². The smallest absolute Gasteiger partial charge is 0.272 e. The summed E-state index contributed by atoms with van der Waals surface area (Å²) in [6.45, 7) is 2.64. The van der Waals surface area contributed by atoms with Crippen molar-refractivity contribution in [2.24, 2.45) is 0 Å². The molecule has 3 aromatic rings. The molecule has 0 aliphatic rings. The molecule has 2 aromatic carbocycles. The van der Waals surface area contributed by atoms with Crippen LogP contribution in [0.4, 0.5) is 0 Å². The van der Waals surface area contributed by atoms with Crippen LogP contribution in [0, 0.1) is 6.92 Å². The SMILES string of the molecule is Cc1ccc(SCCNC(=O)Cc2n[nH]c(=O)c3ccccc23)cc1. The Hall–Kier alpha value is -2.60. The number of hydrogen-bond acceptors (Lipinski definition) is 4. The number of nitrogens with one attached hydrogen (secondary N) is 2. The molecule has 0 saturated carbocycles. The number of thioether (sulfide) groups is 1. The van der Waals surface area contributed by atoms with Crippen LogP contribution in [0.5, 0.6) is 0 Å². The predicted molar refractivity (Wildman–Crippen MR) is 101 cm³/mol. The van der Waals surface area contributed by atoms with E-state index >= 15 is 0 Å². The molecular formula is C19H19N3O2S. The van der Waals surface area contributed by atoms with E-state index in [1.54, 1.807) is 23.9 Å². The average molecular weight is 353 g/mol. The number of fused-ring (bicyclic) bond motifs is 1. The number of aromatic nitrogens is 2. The second kappa shape index (κ2) is 7.98. The van der Waals surface area contributed by atoms with Crippen LogP contribution in [0.2, 0.25) is 0 Å². The van der Waals surface area contributed by atoms with E-state index in [1.807, 2.05) is 12.1 Å². The first-order valence-corrected chi connectivity index (χ1v) is 9.04. The van der Waals surface area contributed by atoms with Crippen molar-refractivity contribution in [1.29, 1.82) is 0 Å². The number of H-pyrrole nitrogens is 1. The first-order chi connectivity index (χ1) is 12.1. The van der Waals surface area contributed by atoms with Gasteiger partial charge in [-0.1, -0.05) is 35.9 Å². The van der Waals surface area contributed by atoms with Gasteiger partial charge in [-0.25, -0.2) is 5.10 Å². The summed E-state index contributed by atoms with van der Waals surface area (Å²) >= 11 is 1.70. The number of carbonyl (C=O) groups is 1. The van der Waals surface area contributed by atoms with Crippen molar-refractivity contribution in [1.82, 2.24) is 15.5 Å². The standard InChI is InChI=1S/C19H19N3O2S/c1-13-6-8-14(9-7-13)25-11-10-20-18(23)12-17-15-4-2-3-5-16(15)19(24)22-21-17/h2-9H,10-12H2,1H3,(H,20,23)(H,22,24). The molecule has 0 spiro atoms. The first kappa shape index (κ1) is 17.2. The Morgan fingerprint density at radius 1 is 1.12 bits per heavy atom. The zero-order chi connectivity index (χ0) is 17.6. The van der Waals surface area contributed by atoms with E-state index in [1.165, 1.54) is 10.5 Å². The van der Waals surface area contributed by atoms with Crippen molar-refractivity contribution in [3.05, 3.63) is 70.1 Å². The zero-order valence-electron chi connectivity index (χ0n) is 13.9. The summed E-state index contributed by atoms with van der Waals surface area (Å²) in [5.41, 5.74) is 1.58. The normalized spacial score (nSPS) is 10.8. The van der Waals surface area contributed by atoms with Crippen molar-refractivity contribution >= 4 is 28.4 Å². The Morgan fingerprint density at radius 2 is 1.84 bits per heavy atom. The Morgan fingerprint density at radius 3 is 2.60 bits per heavy atom. The predicted octanol–water partition coefficient (Wildman–Crippen LogP) is 2.68. The lowest BCUT2D eigenvalue weighted by Gasteiger charge is -2.07. The van der Waals surface area contributed by atoms with E-state index in [2.05, 4.69) is 46.7 Å². The third kappa shape index (κ3) is 4.48. The van der Waals surface area contributed by atoms with E-state index in [4.69, 9.17) is 0 Å². The van der Waals surface area contributed by atoms with Crippen LogP contribution < -0.4 is 10.9 Å². The molecule has 0 radical (unpaired) electrons. The molecule has 0 atom stereocenters. The van der Waals surface area contributed by atoms with E-state index in [0.29, 0.717) is 17.6 Å². The van der Waals surface area contributed by atoms with Gasteiger partial charge in [-0.15, -0.1) is 11.8 Å². The van der Waals surface area contributed by atoms with Gasteiger partial charge in [-0.3, -0.25) is 9.59 Å². The molecule has 0 aliphatic carbocycles. The summed E-state index contributed by atoms with van der Waals surface area (Å²) in [4.78, 5) is 25.1. The molecule has 1 heterocycles. The van der Waals surface area contributed by atoms with E-state index < -0.39 is 0 Å². The molecule has 2 N–H and O–H groups in total. The van der Waals surface area contributed by atoms with Crippen LogP contribution in [0.25, 0.3) is 10.8 Å². The minimum Gasteiger partial charge on any atom is -0.355 e. The van der Waals surface area contributed by atoms with Crippen molar-refractivity contribution in [3.8, 4) is 0 Å². The second-order valence-electron chi connectivity index (χ2n) is 5.73. The lowest BCUT2D eigenvalue weighted by molar-refractivity contribution is -0.120. The maximum absolute atomic E-state index is 12.1. The first-order valence-electron chi connectivity index (χ1n) is 8.06. The van der Waals surface area contributed by atoms with Gasteiger partial charge in [0.1, 0.15) is 0 Å². The number of nitrogens with zero attached hydrogens (tertiary/aromatic N) is 1. The van der Waals surface area contributed by atoms with E-state index in [-0.39, 0.29) is 17.9 Å². The van der Waals surface area contributed by atoms with Crippen LogP contribution in [0.3, 0.4) is 0 Å². The monoisotopic (exact) mass is 353 g/mol. The molecular weight excluding hydrogens is 334 g/mol. The minimum absolute atomic E-state index is 0.103. The highest BCUT2D eigenvalue weighted by Crippen LogP contribution is 2.17. The fraction of sp³-hybridized carbons (Fsp3) is 0.211. The highest BCUT2D eigenvalue weighted by atomic mass is 32.2. The Bertz CT molecular complexity index is 935. The van der Waals surface area contributed by atoms with Gasteiger partial charge in [0.05, 0.1) is 17.5 Å². The third-order valence-corrected chi connectivity index (χ3v) is 4.83. The Labute approximate surface area is 149 Å². The third-order valence-electron chi connectivity index (χ3n) is 3.82. The van der Waals surface area contributed by atoms with Crippen molar-refractivity contribution < 1.29 is 4.79 Å². The van der Waals surface area contributed by atoms with Crippen LogP contribution in [-0.4, -0.2) is 28.4 Å². The van der Waals surface area contributed by atoms with Crippen LogP contribution >= 0.6 is 11.8 Å². The van der Waals surface area contributed by atoms with Gasteiger partial charge in [0.2, 0.25) is 5.91 Å². The summed E-state index contributed by atoms with van der Waals surface area (Å²) in [7, 11) is 0. The maximum Gasteiger partial charge on any atom is 0.272 e. The number of amides is 1. The topological polar surface area (TPSA) is 74.8 Å². The minimum atomic E-state index is -0.241. The van der Waals surface area contributed by atoms with Gasteiger partial charge in [0.25, 0.3) is 5.56 Å². The van der Waals surface area contributed by atoms with Gasteiger partial charge in [-0.05, 0) is 25.1 Å². The van der Waals surface area contributed by atoms with Gasteiger partial charge < -0.3 is 5.32 Å². The lowest BCUT2D eigenvalue weighted by Crippen LogP contribution is -2.28. The van der Waals surface area contributed by atoms with Gasteiger partial charge in [-0.2, -0.15) is 5.10 Å². The van der Waals surface area contributed by atoms with Crippen LogP contribution in [0.15, 0.2) is 58.2 Å². The summed E-state index contributed by atoms with van der Waals surface area (Å²) in [6.07, 6.45) is 0.145. The number of carbonyl (C=O) groups excluding carboxylic acids is 1. The average Bonchev–Trinajstić information content (AvgIpc) is 2.63. The molecule has 1 aromatic heterocycles. The Balaban J connectivity index is 1.54. The second-order valence-corrected chi connectivity index (χ2v) is 6.90. The van der Waals surface area contributed by atoms with E-state index in [9.17, 15) is 9.59 Å². The number of rotatable bonds is 6. The highest BCUT2D eigenvalue weighted by molar-refractivity contribution is 7.99. The molecule has 1 amide bonds. The van der Waals surface area contributed by atoms with Gasteiger partial charge >= 0.3 is 0 Å². The summed E-state index contributed by atoms with van der Waals surface area (Å²) in [5, 5.41) is 10.6. The maximum atomic E-state index is 12.1. The molecule has 0 saturated heterocycles. The Kier molecular flexibility index (Phi) is 5.50. The summed E-state index contributed by atoms with van der Waals surface area (Å²) < 4.78 is 0. The van der Waals surface area contributed by atoms with Crippen LogP contribution in [0.1, 0.15) is 11.3 Å². The molecule has 0 aliphatic heterocycles. The number of hydrogen-bond donors (Lipinski definition) is 2. The van der Waals surface area contributed by atoms with Crippen molar-refractivity contribution in [2.45, 2.75) is 18.2 Å². The number of aromatic amines is 1. The molecule has 3 rings (SSSR count). The zero-order valence-corrected chi connectivity index (χ0v) is 14.7. The lowest BCUT2D eigenvalue weighted by atomic mass is 10.1. The van der Waals surface area contributed by atoms with Gasteiger partial charge in [0.15, 0.2) is 0 Å². The molecule has 5 nitrogen and oxygen atoms in total. The molecule has 25 heavy (non-hydrogen) atoms. The molecule has 0 bridgehead atoms.